The van der Waals surface area contributed by atoms with Crippen LogP contribution in [0.4, 0.5) is 5.69 Å². The van der Waals surface area contributed by atoms with Gasteiger partial charge in [-0.25, -0.2) is 14.0 Å². The van der Waals surface area contributed by atoms with Gasteiger partial charge in [-0.2, -0.15) is 8.42 Å². The molecule has 6 rings (SSSR count). The average Bonchev–Trinajstić information content (AvgIpc) is 3.70. The molecule has 0 fully saturated rings. The zero-order valence-corrected chi connectivity index (χ0v) is 26.3. The maximum Gasteiger partial charge on any atom is 0.330 e. The Hall–Kier alpha value is -4.35. The highest BCUT2D eigenvalue weighted by atomic mass is 35.5. The Kier molecular flexibility index (Phi) is 8.08. The number of thiophene rings is 1. The first-order valence-electron chi connectivity index (χ1n) is 13.3. The number of benzene rings is 3. The minimum absolute atomic E-state index is 0.0563. The van der Waals surface area contributed by atoms with Crippen LogP contribution in [0, 0.1) is 0 Å². The van der Waals surface area contributed by atoms with Crippen molar-refractivity contribution in [3.05, 3.63) is 129 Å². The van der Waals surface area contributed by atoms with E-state index in [0.717, 1.165) is 42.5 Å². The van der Waals surface area contributed by atoms with Crippen molar-refractivity contribution in [2.75, 3.05) is 4.31 Å². The normalized spacial score (nSPS) is 14.2. The number of imidazole rings is 1. The van der Waals surface area contributed by atoms with Gasteiger partial charge in [0.1, 0.15) is 5.82 Å². The van der Waals surface area contributed by atoms with Gasteiger partial charge in [0.25, 0.3) is 0 Å². The summed E-state index contributed by atoms with van der Waals surface area (Å²) in [5.74, 6) is 0.295. The first-order chi connectivity index (χ1) is 21.1. The van der Waals surface area contributed by atoms with E-state index in [1.165, 1.54) is 11.3 Å². The summed E-state index contributed by atoms with van der Waals surface area (Å²) in [7, 11) is -3.88. The van der Waals surface area contributed by atoms with Gasteiger partial charge in [-0.3, -0.25) is 4.79 Å². The van der Waals surface area contributed by atoms with Crippen LogP contribution in [-0.2, 0) is 16.8 Å². The van der Waals surface area contributed by atoms with Crippen LogP contribution >= 0.6 is 34.5 Å². The lowest BCUT2D eigenvalue weighted by Gasteiger charge is -2.14. The van der Waals surface area contributed by atoms with Crippen molar-refractivity contribution in [3.63, 3.8) is 0 Å². The average molecular weight is 664 g/mol. The zero-order valence-electron chi connectivity index (χ0n) is 23.1. The minimum atomic E-state index is -3.88. The molecule has 0 spiro atoms. The number of aromatic nitrogens is 2. The first-order valence-corrected chi connectivity index (χ1v) is 16.3. The molecule has 3 heterocycles. The Bertz CT molecular complexity index is 2050. The highest BCUT2D eigenvalue weighted by molar-refractivity contribution is 7.91. The number of halogens is 2. The van der Waals surface area contributed by atoms with Crippen LogP contribution in [0.25, 0.3) is 33.9 Å². The number of nitrogens with zero attached hydrogens (tertiary/aromatic N) is 3. The summed E-state index contributed by atoms with van der Waals surface area (Å²) in [6.07, 6.45) is 6.91. The molecule has 1 aliphatic heterocycles. The number of aliphatic hydroxyl groups is 1. The molecule has 0 aliphatic carbocycles. The summed E-state index contributed by atoms with van der Waals surface area (Å²) in [6, 6.07) is 24.1. The van der Waals surface area contributed by atoms with Crippen LogP contribution in [-0.4, -0.2) is 28.9 Å². The van der Waals surface area contributed by atoms with E-state index in [4.69, 9.17) is 28.2 Å². The second kappa shape index (κ2) is 12.0. The summed E-state index contributed by atoms with van der Waals surface area (Å²) >= 11 is 14.1. The fourth-order valence-electron chi connectivity index (χ4n) is 4.67. The van der Waals surface area contributed by atoms with E-state index in [-0.39, 0.29) is 5.78 Å². The van der Waals surface area contributed by atoms with E-state index in [0.29, 0.717) is 33.8 Å². The molecule has 12 heteroatoms. The fourth-order valence-corrected chi connectivity index (χ4v) is 7.14. The van der Waals surface area contributed by atoms with E-state index < -0.39 is 16.1 Å². The third-order valence-electron chi connectivity index (χ3n) is 6.86. The van der Waals surface area contributed by atoms with Crippen LogP contribution in [0.2, 0.25) is 10.0 Å². The lowest BCUT2D eigenvalue weighted by atomic mass is 10.1. The van der Waals surface area contributed by atoms with Gasteiger partial charge < -0.3 is 9.67 Å². The molecule has 222 valence electrons. The topological polar surface area (TPSA) is 105 Å². The number of rotatable bonds is 8. The fraction of sp³-hybridized carbons (Fsp3) is 0.0625. The van der Waals surface area contributed by atoms with Gasteiger partial charge in [-0.15, -0.1) is 11.3 Å². The number of nitrogens with one attached hydrogen (secondary N) is 1. The van der Waals surface area contributed by atoms with E-state index in [9.17, 15) is 18.3 Å². The van der Waals surface area contributed by atoms with Crippen molar-refractivity contribution < 1.29 is 18.3 Å². The molecule has 5 aromatic rings. The number of aliphatic hydroxyl groups excluding tert-OH is 1. The van der Waals surface area contributed by atoms with Gasteiger partial charge in [0.15, 0.2) is 5.78 Å². The molecular weight excluding hydrogens is 639 g/mol. The number of ketones is 1. The molecular formula is C32H24Cl2N4O4S2. The van der Waals surface area contributed by atoms with E-state index in [2.05, 4.69) is 0 Å². The second-order valence-corrected chi connectivity index (χ2v) is 13.5. The molecule has 0 saturated carbocycles. The van der Waals surface area contributed by atoms with Gasteiger partial charge in [0.2, 0.25) is 5.88 Å². The molecule has 0 unspecified atom stereocenters. The quantitative estimate of drug-likeness (QED) is 0.164. The predicted molar refractivity (Wildman–Crippen MR) is 177 cm³/mol. The van der Waals surface area contributed by atoms with Crippen molar-refractivity contribution in [3.8, 4) is 21.7 Å². The highest BCUT2D eigenvalue weighted by Crippen LogP contribution is 2.32. The molecule has 0 radical (unpaired) electrons. The SMILES string of the molecule is CC(=O)c1ccc(-c2ccc(C=Cc3nc(-c4ccc(Cl)cc4Cl)cn3Cc3ccc(N4C=C(O)NS4(=O)=O)cc3)cc2)s1. The summed E-state index contributed by atoms with van der Waals surface area (Å²) in [6.45, 7) is 2.01. The van der Waals surface area contributed by atoms with Crippen molar-refractivity contribution in [1.82, 2.24) is 14.3 Å². The molecule has 0 saturated heterocycles. The van der Waals surface area contributed by atoms with Crippen molar-refractivity contribution in [2.24, 2.45) is 0 Å². The van der Waals surface area contributed by atoms with E-state index in [1.807, 2.05) is 82.2 Å². The monoisotopic (exact) mass is 662 g/mol. The molecule has 0 atom stereocenters. The molecule has 1 aliphatic rings. The first kappa shape index (κ1) is 29.7. The number of anilines is 1. The van der Waals surface area contributed by atoms with Gasteiger partial charge in [0.05, 0.1) is 27.5 Å². The Morgan fingerprint density at radius 3 is 2.39 bits per heavy atom. The van der Waals surface area contributed by atoms with Crippen molar-refractivity contribution >= 4 is 68.4 Å². The maximum absolute atomic E-state index is 12.2. The van der Waals surface area contributed by atoms with Crippen LogP contribution in [0.15, 0.2) is 97.1 Å². The predicted octanol–water partition coefficient (Wildman–Crippen LogP) is 8.02. The summed E-state index contributed by atoms with van der Waals surface area (Å²) < 4.78 is 29.5. The Balaban J connectivity index is 1.28. The second-order valence-electron chi connectivity index (χ2n) is 10.00. The maximum atomic E-state index is 12.2. The van der Waals surface area contributed by atoms with Gasteiger partial charge >= 0.3 is 10.2 Å². The van der Waals surface area contributed by atoms with E-state index in [1.54, 1.807) is 31.2 Å². The third-order valence-corrected chi connectivity index (χ3v) is 9.95. The van der Waals surface area contributed by atoms with Gasteiger partial charge in [-0.05, 0) is 72.2 Å². The van der Waals surface area contributed by atoms with Crippen LogP contribution in [0.5, 0.6) is 0 Å². The van der Waals surface area contributed by atoms with Gasteiger partial charge in [0, 0.05) is 28.2 Å². The number of hydrogen-bond acceptors (Lipinski definition) is 6. The highest BCUT2D eigenvalue weighted by Gasteiger charge is 2.28. The molecule has 2 aromatic heterocycles. The third kappa shape index (κ3) is 6.29. The van der Waals surface area contributed by atoms with Crippen LogP contribution in [0.3, 0.4) is 0 Å². The number of hydrogen-bond donors (Lipinski definition) is 2. The molecule has 44 heavy (non-hydrogen) atoms. The van der Waals surface area contributed by atoms with Crippen LogP contribution in [0.1, 0.15) is 33.5 Å². The number of Topliss-reactive ketones (excluding diaryl/α,β-unsaturated/α-hetero) is 1. The number of carbonyl (C=O) groups excluding carboxylic acids is 1. The van der Waals surface area contributed by atoms with Crippen molar-refractivity contribution in [1.29, 1.82) is 0 Å². The van der Waals surface area contributed by atoms with Crippen LogP contribution < -0.4 is 9.03 Å². The summed E-state index contributed by atoms with van der Waals surface area (Å²) in [5.41, 5.74) is 4.70. The Morgan fingerprint density at radius 1 is 1.00 bits per heavy atom. The molecule has 2 N–H and O–H groups in total. The standard InChI is InChI=1S/C32H24Cl2N4O4S2/c1-20(39)29-13-14-30(43-29)23-7-2-21(3-8-23)6-15-31-35-28(26-12-9-24(33)16-27(26)34)18-37(31)17-22-4-10-25(11-5-22)38-19-32(40)36-44(38,41)42/h2-16,18-19,36,40H,17H2,1H3. The minimum Gasteiger partial charge on any atom is -0.493 e. The zero-order chi connectivity index (χ0) is 31.0. The Labute approximate surface area is 268 Å². The van der Waals surface area contributed by atoms with Gasteiger partial charge in [-0.1, -0.05) is 65.7 Å². The lowest BCUT2D eigenvalue weighted by molar-refractivity contribution is 0.102. The number of carbonyl (C=O) groups is 1. The smallest absolute Gasteiger partial charge is 0.330 e. The lowest BCUT2D eigenvalue weighted by Crippen LogP contribution is -2.29. The molecule has 0 amide bonds. The summed E-state index contributed by atoms with van der Waals surface area (Å²) in [4.78, 5) is 18.3. The molecule has 3 aromatic carbocycles. The molecule has 0 bridgehead atoms. The van der Waals surface area contributed by atoms with Crippen molar-refractivity contribution in [2.45, 2.75) is 13.5 Å². The van der Waals surface area contributed by atoms with E-state index >= 15 is 0 Å². The Morgan fingerprint density at radius 2 is 1.75 bits per heavy atom. The largest absolute Gasteiger partial charge is 0.493 e. The summed E-state index contributed by atoms with van der Waals surface area (Å²) in [5, 5.41) is 10.6. The molecule has 8 nitrogen and oxygen atoms in total.